The predicted molar refractivity (Wildman–Crippen MR) is 112 cm³/mol. The number of furan rings is 1. The van der Waals surface area contributed by atoms with Crippen LogP contribution in [-0.4, -0.2) is 20.4 Å². The van der Waals surface area contributed by atoms with Gasteiger partial charge in [0.05, 0.1) is 11.9 Å². The van der Waals surface area contributed by atoms with Crippen LogP contribution in [0.1, 0.15) is 23.0 Å². The third-order valence-electron chi connectivity index (χ3n) is 5.24. The topological polar surface area (TPSA) is 92.9 Å². The Bertz CT molecular complexity index is 1470. The molecule has 3 aromatic heterocycles. The van der Waals surface area contributed by atoms with Crippen LogP contribution >= 0.6 is 0 Å². The van der Waals surface area contributed by atoms with Crippen LogP contribution in [0.3, 0.4) is 0 Å². The average molecular weight is 386 g/mol. The Kier molecular flexibility index (Phi) is 3.77. The third-order valence-corrected chi connectivity index (χ3v) is 5.24. The summed E-state index contributed by atoms with van der Waals surface area (Å²) in [7, 11) is 0. The van der Waals surface area contributed by atoms with Gasteiger partial charge in [-0.25, -0.2) is 4.98 Å². The summed E-state index contributed by atoms with van der Waals surface area (Å²) in [6.45, 7) is 4.61. The number of aromatic amines is 1. The SMILES string of the molecule is CCn1c2ccccc2c2cc(NC(=O)c3c(C)oc4nc[nH]c(=O)c34)ccc21. The van der Waals surface area contributed by atoms with Gasteiger partial charge in [-0.05, 0) is 38.1 Å². The van der Waals surface area contributed by atoms with E-state index in [0.717, 1.165) is 28.4 Å². The smallest absolute Gasteiger partial charge is 0.262 e. The highest BCUT2D eigenvalue weighted by Gasteiger charge is 2.22. The quantitative estimate of drug-likeness (QED) is 0.486. The van der Waals surface area contributed by atoms with Gasteiger partial charge in [-0.15, -0.1) is 0 Å². The number of carbonyl (C=O) groups excluding carboxylic acids is 1. The molecule has 29 heavy (non-hydrogen) atoms. The molecule has 2 N–H and O–H groups in total. The number of nitrogens with zero attached hydrogens (tertiary/aromatic N) is 2. The lowest BCUT2D eigenvalue weighted by Crippen LogP contribution is -2.16. The van der Waals surface area contributed by atoms with Crippen molar-refractivity contribution in [1.82, 2.24) is 14.5 Å². The Hall–Kier alpha value is -3.87. The number of amides is 1. The molecule has 1 amide bonds. The zero-order valence-electron chi connectivity index (χ0n) is 15.9. The summed E-state index contributed by atoms with van der Waals surface area (Å²) in [4.78, 5) is 31.6. The second-order valence-electron chi connectivity index (χ2n) is 6.89. The number of nitrogens with one attached hydrogen (secondary N) is 2. The minimum Gasteiger partial charge on any atom is -0.442 e. The number of hydrogen-bond donors (Lipinski definition) is 2. The lowest BCUT2D eigenvalue weighted by atomic mass is 10.1. The van der Waals surface area contributed by atoms with Crippen LogP contribution < -0.4 is 10.9 Å². The van der Waals surface area contributed by atoms with Gasteiger partial charge in [-0.3, -0.25) is 9.59 Å². The van der Waals surface area contributed by atoms with E-state index in [2.05, 4.69) is 38.9 Å². The maximum absolute atomic E-state index is 13.0. The van der Waals surface area contributed by atoms with E-state index < -0.39 is 11.5 Å². The van der Waals surface area contributed by atoms with Gasteiger partial charge < -0.3 is 19.3 Å². The van der Waals surface area contributed by atoms with E-state index in [9.17, 15) is 9.59 Å². The molecule has 5 rings (SSSR count). The highest BCUT2D eigenvalue weighted by Crippen LogP contribution is 2.31. The van der Waals surface area contributed by atoms with Gasteiger partial charge in [-0.2, -0.15) is 0 Å². The standard InChI is InChI=1S/C22H18N4O3/c1-3-26-16-7-5-4-6-14(16)15-10-13(8-9-17(15)26)25-21(28)18-12(2)29-22-19(18)20(27)23-11-24-22/h4-11H,3H2,1-2H3,(H,25,28)(H,23,24,27). The highest BCUT2D eigenvalue weighted by atomic mass is 16.3. The molecule has 7 nitrogen and oxygen atoms in total. The van der Waals surface area contributed by atoms with Crippen molar-refractivity contribution in [2.75, 3.05) is 5.32 Å². The summed E-state index contributed by atoms with van der Waals surface area (Å²) in [5.41, 5.74) is 2.86. The molecule has 7 heteroatoms. The van der Waals surface area contributed by atoms with Crippen LogP contribution in [0.4, 0.5) is 5.69 Å². The van der Waals surface area contributed by atoms with E-state index >= 15 is 0 Å². The zero-order valence-corrected chi connectivity index (χ0v) is 15.9. The summed E-state index contributed by atoms with van der Waals surface area (Å²) < 4.78 is 7.73. The molecule has 0 saturated heterocycles. The van der Waals surface area contributed by atoms with Crippen molar-refractivity contribution in [2.45, 2.75) is 20.4 Å². The molecule has 0 aliphatic heterocycles. The Labute approximate surface area is 165 Å². The fraction of sp³-hybridized carbons (Fsp3) is 0.136. The highest BCUT2D eigenvalue weighted by molar-refractivity contribution is 6.14. The Morgan fingerprint density at radius 3 is 2.79 bits per heavy atom. The van der Waals surface area contributed by atoms with E-state index in [0.29, 0.717) is 11.4 Å². The second kappa shape index (κ2) is 6.34. The molecular formula is C22H18N4O3. The molecular weight excluding hydrogens is 368 g/mol. The van der Waals surface area contributed by atoms with Crippen molar-refractivity contribution in [1.29, 1.82) is 0 Å². The van der Waals surface area contributed by atoms with Gasteiger partial charge in [-0.1, -0.05) is 18.2 Å². The molecule has 144 valence electrons. The monoisotopic (exact) mass is 386 g/mol. The van der Waals surface area contributed by atoms with E-state index in [1.54, 1.807) is 6.92 Å². The predicted octanol–water partition coefficient (Wildman–Crippen LogP) is 4.20. The molecule has 0 aliphatic rings. The first-order valence-electron chi connectivity index (χ1n) is 9.37. The number of carbonyl (C=O) groups is 1. The number of anilines is 1. The molecule has 0 atom stereocenters. The van der Waals surface area contributed by atoms with E-state index in [-0.39, 0.29) is 16.7 Å². The number of rotatable bonds is 3. The number of H-pyrrole nitrogens is 1. The Morgan fingerprint density at radius 2 is 1.97 bits per heavy atom. The summed E-state index contributed by atoms with van der Waals surface area (Å²) >= 11 is 0. The van der Waals surface area contributed by atoms with Gasteiger partial charge in [0.1, 0.15) is 11.1 Å². The Balaban J connectivity index is 1.61. The Morgan fingerprint density at radius 1 is 1.17 bits per heavy atom. The molecule has 5 aromatic rings. The maximum atomic E-state index is 13.0. The normalized spacial score (nSPS) is 11.5. The number of aromatic nitrogens is 3. The molecule has 0 saturated carbocycles. The summed E-state index contributed by atoms with van der Waals surface area (Å²) in [5.74, 6) is -0.0521. The first-order chi connectivity index (χ1) is 14.1. The van der Waals surface area contributed by atoms with Crippen molar-refractivity contribution in [2.24, 2.45) is 0 Å². The summed E-state index contributed by atoms with van der Waals surface area (Å²) in [6, 6.07) is 14.0. The van der Waals surface area contributed by atoms with Gasteiger partial charge in [0.2, 0.25) is 5.71 Å². The van der Waals surface area contributed by atoms with Crippen molar-refractivity contribution < 1.29 is 9.21 Å². The molecule has 0 spiro atoms. The van der Waals surface area contributed by atoms with Crippen LogP contribution in [0.2, 0.25) is 0 Å². The van der Waals surface area contributed by atoms with Crippen LogP contribution in [0.5, 0.6) is 0 Å². The largest absolute Gasteiger partial charge is 0.442 e. The molecule has 0 bridgehead atoms. The molecule has 0 unspecified atom stereocenters. The van der Waals surface area contributed by atoms with Crippen LogP contribution in [0.25, 0.3) is 32.9 Å². The zero-order chi connectivity index (χ0) is 20.1. The average Bonchev–Trinajstić information content (AvgIpc) is 3.22. The molecule has 3 heterocycles. The van der Waals surface area contributed by atoms with Crippen molar-refractivity contribution in [3.63, 3.8) is 0 Å². The second-order valence-corrected chi connectivity index (χ2v) is 6.89. The minimum atomic E-state index is -0.404. The van der Waals surface area contributed by atoms with Crippen LogP contribution in [-0.2, 0) is 6.54 Å². The third kappa shape index (κ3) is 2.55. The molecule has 0 radical (unpaired) electrons. The van der Waals surface area contributed by atoms with Crippen LogP contribution in [0.15, 0.2) is 58.0 Å². The van der Waals surface area contributed by atoms with Gasteiger partial charge in [0.25, 0.3) is 11.5 Å². The number of fused-ring (bicyclic) bond motifs is 4. The van der Waals surface area contributed by atoms with E-state index in [4.69, 9.17) is 4.42 Å². The maximum Gasteiger partial charge on any atom is 0.262 e. The fourth-order valence-corrected chi connectivity index (χ4v) is 3.99. The van der Waals surface area contributed by atoms with Crippen molar-refractivity contribution in [3.05, 3.63) is 70.5 Å². The lowest BCUT2D eigenvalue weighted by molar-refractivity contribution is 0.102. The molecule has 2 aromatic carbocycles. The first kappa shape index (κ1) is 17.2. The molecule has 0 fully saturated rings. The number of aryl methyl sites for hydroxylation is 2. The summed E-state index contributed by atoms with van der Waals surface area (Å²) in [6.07, 6.45) is 1.26. The fourth-order valence-electron chi connectivity index (χ4n) is 3.99. The lowest BCUT2D eigenvalue weighted by Gasteiger charge is -2.06. The van der Waals surface area contributed by atoms with Gasteiger partial charge in [0.15, 0.2) is 0 Å². The van der Waals surface area contributed by atoms with Crippen LogP contribution in [0, 0.1) is 6.92 Å². The van der Waals surface area contributed by atoms with Gasteiger partial charge >= 0.3 is 0 Å². The number of benzene rings is 2. The first-order valence-corrected chi connectivity index (χ1v) is 9.37. The number of hydrogen-bond acceptors (Lipinski definition) is 4. The summed E-state index contributed by atoms with van der Waals surface area (Å²) in [5, 5.41) is 5.25. The van der Waals surface area contributed by atoms with E-state index in [1.165, 1.54) is 6.33 Å². The van der Waals surface area contributed by atoms with E-state index in [1.807, 2.05) is 30.3 Å². The molecule has 0 aliphatic carbocycles. The number of para-hydroxylation sites is 1. The van der Waals surface area contributed by atoms with Crippen molar-refractivity contribution >= 4 is 44.5 Å². The van der Waals surface area contributed by atoms with Crippen molar-refractivity contribution in [3.8, 4) is 0 Å². The minimum absolute atomic E-state index is 0.151. The van der Waals surface area contributed by atoms with Gasteiger partial charge in [0, 0.05) is 34.0 Å².